The van der Waals surface area contributed by atoms with Gasteiger partial charge in [-0.2, -0.15) is 0 Å². The highest BCUT2D eigenvalue weighted by Crippen LogP contribution is 1.86. The van der Waals surface area contributed by atoms with E-state index in [1.54, 1.807) is 16.7 Å². The number of hydrogen-bond acceptors (Lipinski definition) is 3. The quantitative estimate of drug-likeness (QED) is 0.659. The maximum atomic E-state index is 11.4. The lowest BCUT2D eigenvalue weighted by Crippen LogP contribution is -2.28. The molecule has 0 fully saturated rings. The van der Waals surface area contributed by atoms with E-state index in [4.69, 9.17) is 4.74 Å². The van der Waals surface area contributed by atoms with Crippen LogP contribution in [0.1, 0.15) is 19.8 Å². The standard InChI is InChI=1S/C13H22N2O2/c1-2-3-11-17-12-8-14-7-10-15-9-5-4-6-13(15)16/h4-6,9,14H,2-3,7-8,10-12H2,1H3. The molecule has 96 valence electrons. The predicted octanol–water partition coefficient (Wildman–Crippen LogP) is 1.25. The van der Waals surface area contributed by atoms with Crippen LogP contribution < -0.4 is 10.9 Å². The van der Waals surface area contributed by atoms with Crippen molar-refractivity contribution in [1.29, 1.82) is 0 Å². The molecule has 0 atom stereocenters. The molecular weight excluding hydrogens is 216 g/mol. The van der Waals surface area contributed by atoms with Crippen LogP contribution in [0.5, 0.6) is 0 Å². The van der Waals surface area contributed by atoms with Crippen LogP contribution in [0, 0.1) is 0 Å². The van der Waals surface area contributed by atoms with Crippen LogP contribution in [0.2, 0.25) is 0 Å². The maximum absolute atomic E-state index is 11.4. The molecule has 0 saturated heterocycles. The highest BCUT2D eigenvalue weighted by atomic mass is 16.5. The van der Waals surface area contributed by atoms with Crippen LogP contribution in [0.25, 0.3) is 0 Å². The van der Waals surface area contributed by atoms with E-state index in [1.165, 1.54) is 6.42 Å². The first-order chi connectivity index (χ1) is 8.34. The predicted molar refractivity (Wildman–Crippen MR) is 69.3 cm³/mol. The minimum atomic E-state index is 0.0495. The van der Waals surface area contributed by atoms with Crippen molar-refractivity contribution < 1.29 is 4.74 Å². The first-order valence-corrected chi connectivity index (χ1v) is 6.28. The molecule has 0 radical (unpaired) electrons. The van der Waals surface area contributed by atoms with E-state index < -0.39 is 0 Å². The van der Waals surface area contributed by atoms with Crippen LogP contribution in [-0.4, -0.2) is 30.9 Å². The Hall–Kier alpha value is -1.13. The second kappa shape index (κ2) is 8.96. The minimum Gasteiger partial charge on any atom is -0.380 e. The van der Waals surface area contributed by atoms with Crippen molar-refractivity contribution in [2.45, 2.75) is 26.3 Å². The molecule has 0 aromatic carbocycles. The fourth-order valence-corrected chi connectivity index (χ4v) is 1.46. The van der Waals surface area contributed by atoms with Crippen LogP contribution in [0.3, 0.4) is 0 Å². The van der Waals surface area contributed by atoms with Crippen molar-refractivity contribution in [1.82, 2.24) is 9.88 Å². The first-order valence-electron chi connectivity index (χ1n) is 6.28. The van der Waals surface area contributed by atoms with Crippen LogP contribution in [0.4, 0.5) is 0 Å². The van der Waals surface area contributed by atoms with Gasteiger partial charge >= 0.3 is 0 Å². The van der Waals surface area contributed by atoms with Gasteiger partial charge in [-0.05, 0) is 12.5 Å². The van der Waals surface area contributed by atoms with Gasteiger partial charge in [0.05, 0.1) is 6.61 Å². The molecule has 1 aromatic rings. The lowest BCUT2D eigenvalue weighted by molar-refractivity contribution is 0.133. The van der Waals surface area contributed by atoms with E-state index in [1.807, 2.05) is 12.3 Å². The van der Waals surface area contributed by atoms with Crippen molar-refractivity contribution in [2.24, 2.45) is 0 Å². The Balaban J connectivity index is 2.01. The second-order valence-electron chi connectivity index (χ2n) is 3.95. The summed E-state index contributed by atoms with van der Waals surface area (Å²) in [4.78, 5) is 11.4. The van der Waals surface area contributed by atoms with Crippen molar-refractivity contribution in [3.05, 3.63) is 34.7 Å². The van der Waals surface area contributed by atoms with Gasteiger partial charge in [-0.3, -0.25) is 4.79 Å². The molecule has 1 heterocycles. The molecule has 0 unspecified atom stereocenters. The number of ether oxygens (including phenoxy) is 1. The van der Waals surface area contributed by atoms with Gasteiger partial charge in [0.15, 0.2) is 0 Å². The first kappa shape index (κ1) is 13.9. The Kier molecular flexibility index (Phi) is 7.34. The summed E-state index contributed by atoms with van der Waals surface area (Å²) < 4.78 is 7.12. The van der Waals surface area contributed by atoms with Crippen molar-refractivity contribution >= 4 is 0 Å². The lowest BCUT2D eigenvalue weighted by atomic mass is 10.4. The van der Waals surface area contributed by atoms with Crippen molar-refractivity contribution in [3.63, 3.8) is 0 Å². The summed E-state index contributed by atoms with van der Waals surface area (Å²) in [7, 11) is 0. The summed E-state index contributed by atoms with van der Waals surface area (Å²) in [6.07, 6.45) is 4.10. The third-order valence-electron chi connectivity index (χ3n) is 2.49. The SMILES string of the molecule is CCCCOCCNCCn1ccccc1=O. The van der Waals surface area contributed by atoms with E-state index in [2.05, 4.69) is 12.2 Å². The summed E-state index contributed by atoms with van der Waals surface area (Å²) >= 11 is 0. The molecule has 1 N–H and O–H groups in total. The molecule has 4 nitrogen and oxygen atoms in total. The summed E-state index contributed by atoms with van der Waals surface area (Å²) in [6.45, 7) is 6.07. The van der Waals surface area contributed by atoms with E-state index in [0.717, 1.165) is 32.7 Å². The molecule has 1 aromatic heterocycles. The van der Waals surface area contributed by atoms with Gasteiger partial charge < -0.3 is 14.6 Å². The number of hydrogen-bond donors (Lipinski definition) is 1. The zero-order valence-corrected chi connectivity index (χ0v) is 10.5. The second-order valence-corrected chi connectivity index (χ2v) is 3.95. The van der Waals surface area contributed by atoms with Gasteiger partial charge in [-0.1, -0.05) is 19.4 Å². The Morgan fingerprint density at radius 2 is 2.18 bits per heavy atom. The van der Waals surface area contributed by atoms with Crippen LogP contribution in [0.15, 0.2) is 29.2 Å². The average Bonchev–Trinajstić information content (AvgIpc) is 2.35. The third-order valence-corrected chi connectivity index (χ3v) is 2.49. The molecule has 0 aliphatic heterocycles. The summed E-state index contributed by atoms with van der Waals surface area (Å²) in [6, 6.07) is 5.21. The molecule has 0 aliphatic rings. The Morgan fingerprint density at radius 3 is 2.94 bits per heavy atom. The molecule has 0 amide bonds. The topological polar surface area (TPSA) is 43.3 Å². The molecule has 0 bridgehead atoms. The summed E-state index contributed by atoms with van der Waals surface area (Å²) in [5.41, 5.74) is 0.0495. The third kappa shape index (κ3) is 6.24. The zero-order valence-electron chi connectivity index (χ0n) is 10.5. The molecule has 1 rings (SSSR count). The van der Waals surface area contributed by atoms with Gasteiger partial charge in [-0.15, -0.1) is 0 Å². The highest BCUT2D eigenvalue weighted by molar-refractivity contribution is 4.93. The number of unbranched alkanes of at least 4 members (excludes halogenated alkanes) is 1. The number of aromatic nitrogens is 1. The highest BCUT2D eigenvalue weighted by Gasteiger charge is 1.93. The monoisotopic (exact) mass is 238 g/mol. The smallest absolute Gasteiger partial charge is 0.250 e. The Morgan fingerprint density at radius 1 is 1.29 bits per heavy atom. The van der Waals surface area contributed by atoms with E-state index >= 15 is 0 Å². The van der Waals surface area contributed by atoms with Gasteiger partial charge in [0, 0.05) is 38.5 Å². The number of rotatable bonds is 9. The van der Waals surface area contributed by atoms with Crippen LogP contribution in [-0.2, 0) is 11.3 Å². The minimum absolute atomic E-state index is 0.0495. The van der Waals surface area contributed by atoms with Gasteiger partial charge in [0.2, 0.25) is 0 Å². The van der Waals surface area contributed by atoms with Gasteiger partial charge in [0.25, 0.3) is 5.56 Å². The lowest BCUT2D eigenvalue weighted by Gasteiger charge is -2.07. The van der Waals surface area contributed by atoms with Gasteiger partial charge in [-0.25, -0.2) is 0 Å². The average molecular weight is 238 g/mol. The zero-order chi connectivity index (χ0) is 12.3. The summed E-state index contributed by atoms with van der Waals surface area (Å²) in [5.74, 6) is 0. The molecule has 17 heavy (non-hydrogen) atoms. The number of nitrogens with one attached hydrogen (secondary N) is 1. The molecular formula is C13H22N2O2. The Labute approximate surface area is 103 Å². The fraction of sp³-hybridized carbons (Fsp3) is 0.615. The normalized spacial score (nSPS) is 10.6. The number of nitrogens with zero attached hydrogens (tertiary/aromatic N) is 1. The molecule has 4 heteroatoms. The Bertz CT molecular complexity index is 349. The number of pyridine rings is 1. The fourth-order valence-electron chi connectivity index (χ4n) is 1.46. The maximum Gasteiger partial charge on any atom is 0.250 e. The van der Waals surface area contributed by atoms with Crippen molar-refractivity contribution in [2.75, 3.05) is 26.3 Å². The van der Waals surface area contributed by atoms with Crippen LogP contribution >= 0.6 is 0 Å². The molecule has 0 saturated carbocycles. The van der Waals surface area contributed by atoms with E-state index in [-0.39, 0.29) is 5.56 Å². The largest absolute Gasteiger partial charge is 0.380 e. The van der Waals surface area contributed by atoms with E-state index in [9.17, 15) is 4.79 Å². The molecule has 0 aliphatic carbocycles. The summed E-state index contributed by atoms with van der Waals surface area (Å²) in [5, 5.41) is 3.25. The van der Waals surface area contributed by atoms with Crippen molar-refractivity contribution in [3.8, 4) is 0 Å². The van der Waals surface area contributed by atoms with E-state index in [0.29, 0.717) is 6.54 Å². The molecule has 0 spiro atoms. The van der Waals surface area contributed by atoms with Gasteiger partial charge in [0.1, 0.15) is 0 Å².